The molecule has 4 aromatic carbocycles. The molecule has 9 heteroatoms. The van der Waals surface area contributed by atoms with Crippen molar-refractivity contribution >= 4 is 69.9 Å². The first-order valence-corrected chi connectivity index (χ1v) is 15.4. The molecule has 0 aliphatic carbocycles. The molecule has 0 saturated carbocycles. The third-order valence-electron chi connectivity index (χ3n) is 6.16. The standard InChI is InChI=1S/C34H26ClN3O3S2/c35-25-16-18-26(19-17-25)36-34(41)31(23-9-3-1-4-10-23)43-29-14-7-13-27(21-29)37-33(40)30(22-28-15-8-20-42-28)38-32(39)24-11-5-2-6-12-24/h1-22,31H,(H,36,41)(H,37,40)(H,38,39)/b30-22-. The Balaban J connectivity index is 1.35. The van der Waals surface area contributed by atoms with Crippen molar-refractivity contribution in [1.29, 1.82) is 0 Å². The summed E-state index contributed by atoms with van der Waals surface area (Å²) in [4.78, 5) is 41.3. The smallest absolute Gasteiger partial charge is 0.272 e. The van der Waals surface area contributed by atoms with Crippen molar-refractivity contribution in [2.75, 3.05) is 10.6 Å². The zero-order valence-electron chi connectivity index (χ0n) is 22.7. The second-order valence-electron chi connectivity index (χ2n) is 9.28. The number of rotatable bonds is 10. The molecule has 0 fully saturated rings. The fraction of sp³-hybridized carbons (Fsp3) is 0.0294. The summed E-state index contributed by atoms with van der Waals surface area (Å²) >= 11 is 8.82. The molecule has 5 rings (SSSR count). The van der Waals surface area contributed by atoms with Crippen LogP contribution in [-0.4, -0.2) is 17.7 Å². The molecule has 0 radical (unpaired) electrons. The topological polar surface area (TPSA) is 87.3 Å². The maximum Gasteiger partial charge on any atom is 0.272 e. The summed E-state index contributed by atoms with van der Waals surface area (Å²) in [5.41, 5.74) is 2.54. The van der Waals surface area contributed by atoms with Gasteiger partial charge in [-0.3, -0.25) is 14.4 Å². The predicted molar refractivity (Wildman–Crippen MR) is 176 cm³/mol. The first-order valence-electron chi connectivity index (χ1n) is 13.3. The number of hydrogen-bond acceptors (Lipinski definition) is 5. The molecule has 3 N–H and O–H groups in total. The Kier molecular flexibility index (Phi) is 10.1. The van der Waals surface area contributed by atoms with Crippen LogP contribution in [0.3, 0.4) is 0 Å². The van der Waals surface area contributed by atoms with Gasteiger partial charge in [0.25, 0.3) is 11.8 Å². The third kappa shape index (κ3) is 8.45. The molecule has 5 aromatic rings. The van der Waals surface area contributed by atoms with Crippen LogP contribution in [0.25, 0.3) is 6.08 Å². The van der Waals surface area contributed by atoms with Crippen LogP contribution < -0.4 is 16.0 Å². The number of carbonyl (C=O) groups excluding carboxylic acids is 3. The van der Waals surface area contributed by atoms with Gasteiger partial charge in [0.15, 0.2) is 0 Å². The highest BCUT2D eigenvalue weighted by atomic mass is 35.5. The van der Waals surface area contributed by atoms with Crippen LogP contribution in [0.2, 0.25) is 5.02 Å². The molecule has 43 heavy (non-hydrogen) atoms. The lowest BCUT2D eigenvalue weighted by atomic mass is 10.1. The molecule has 0 aliphatic rings. The van der Waals surface area contributed by atoms with Gasteiger partial charge in [0.2, 0.25) is 5.91 Å². The summed E-state index contributed by atoms with van der Waals surface area (Å²) in [6.07, 6.45) is 1.64. The molecule has 0 spiro atoms. The van der Waals surface area contributed by atoms with E-state index in [4.69, 9.17) is 11.6 Å². The molecule has 1 aromatic heterocycles. The summed E-state index contributed by atoms with van der Waals surface area (Å²) in [7, 11) is 0. The van der Waals surface area contributed by atoms with E-state index in [9.17, 15) is 14.4 Å². The van der Waals surface area contributed by atoms with E-state index in [1.165, 1.54) is 23.1 Å². The minimum absolute atomic E-state index is 0.110. The Bertz CT molecular complexity index is 1730. The Labute approximate surface area is 262 Å². The molecule has 3 amide bonds. The van der Waals surface area contributed by atoms with Crippen molar-refractivity contribution < 1.29 is 14.4 Å². The summed E-state index contributed by atoms with van der Waals surface area (Å²) < 4.78 is 0. The van der Waals surface area contributed by atoms with Gasteiger partial charge in [-0.15, -0.1) is 23.1 Å². The first-order chi connectivity index (χ1) is 20.9. The molecular weight excluding hydrogens is 598 g/mol. The molecule has 0 saturated heterocycles. The number of hydrogen-bond donors (Lipinski definition) is 3. The number of thiophene rings is 1. The maximum atomic E-state index is 13.4. The van der Waals surface area contributed by atoms with Crippen molar-refractivity contribution in [3.8, 4) is 0 Å². The summed E-state index contributed by atoms with van der Waals surface area (Å²) in [5, 5.41) is 10.5. The normalized spacial score (nSPS) is 11.8. The average Bonchev–Trinajstić information content (AvgIpc) is 3.55. The van der Waals surface area contributed by atoms with E-state index in [-0.39, 0.29) is 17.5 Å². The van der Waals surface area contributed by atoms with E-state index in [1.54, 1.807) is 66.7 Å². The van der Waals surface area contributed by atoms with Crippen LogP contribution in [0.4, 0.5) is 11.4 Å². The quantitative estimate of drug-likeness (QED) is 0.108. The van der Waals surface area contributed by atoms with Gasteiger partial charge in [-0.25, -0.2) is 0 Å². The number of amides is 3. The number of thioether (sulfide) groups is 1. The van der Waals surface area contributed by atoms with Gasteiger partial charge < -0.3 is 16.0 Å². The Morgan fingerprint density at radius 2 is 1.47 bits per heavy atom. The second-order valence-corrected chi connectivity index (χ2v) is 11.9. The number of benzene rings is 4. The second kappa shape index (κ2) is 14.5. The monoisotopic (exact) mass is 623 g/mol. The number of halogens is 1. The summed E-state index contributed by atoms with van der Waals surface area (Å²) in [5.74, 6) is -1.06. The van der Waals surface area contributed by atoms with E-state index >= 15 is 0 Å². The highest BCUT2D eigenvalue weighted by Gasteiger charge is 2.23. The minimum Gasteiger partial charge on any atom is -0.325 e. The fourth-order valence-electron chi connectivity index (χ4n) is 4.08. The molecule has 1 atom stereocenters. The zero-order valence-corrected chi connectivity index (χ0v) is 25.1. The van der Waals surface area contributed by atoms with Gasteiger partial charge in [0.1, 0.15) is 10.9 Å². The van der Waals surface area contributed by atoms with Gasteiger partial charge in [-0.1, -0.05) is 72.3 Å². The van der Waals surface area contributed by atoms with Crippen LogP contribution in [0.15, 0.2) is 137 Å². The lowest BCUT2D eigenvalue weighted by Crippen LogP contribution is -2.30. The molecule has 214 valence electrons. The Morgan fingerprint density at radius 3 is 2.16 bits per heavy atom. The first kappa shape index (κ1) is 29.8. The van der Waals surface area contributed by atoms with Crippen LogP contribution in [0.5, 0.6) is 0 Å². The van der Waals surface area contributed by atoms with Gasteiger partial charge in [0.05, 0.1) is 0 Å². The fourth-order valence-corrected chi connectivity index (χ4v) is 5.95. The average molecular weight is 624 g/mol. The Hall–Kier alpha value is -4.63. The number of anilines is 2. The molecule has 1 unspecified atom stereocenters. The van der Waals surface area contributed by atoms with Crippen LogP contribution >= 0.6 is 34.7 Å². The lowest BCUT2D eigenvalue weighted by molar-refractivity contribution is -0.116. The van der Waals surface area contributed by atoms with E-state index < -0.39 is 11.2 Å². The highest BCUT2D eigenvalue weighted by molar-refractivity contribution is 8.00. The van der Waals surface area contributed by atoms with Crippen LogP contribution in [-0.2, 0) is 9.59 Å². The summed E-state index contributed by atoms with van der Waals surface area (Å²) in [6, 6.07) is 36.1. The highest BCUT2D eigenvalue weighted by Crippen LogP contribution is 2.37. The molecular formula is C34H26ClN3O3S2. The van der Waals surface area contributed by atoms with E-state index in [1.807, 2.05) is 66.0 Å². The lowest BCUT2D eigenvalue weighted by Gasteiger charge is -2.18. The van der Waals surface area contributed by atoms with E-state index in [0.29, 0.717) is 22.0 Å². The van der Waals surface area contributed by atoms with Crippen molar-refractivity contribution in [3.63, 3.8) is 0 Å². The van der Waals surface area contributed by atoms with Crippen LogP contribution in [0, 0.1) is 0 Å². The van der Waals surface area contributed by atoms with Crippen molar-refractivity contribution in [1.82, 2.24) is 5.32 Å². The SMILES string of the molecule is O=C(Nc1cccc(SC(C(=O)Nc2ccc(Cl)cc2)c2ccccc2)c1)/C(=C/c1cccs1)NC(=O)c1ccccc1. The van der Waals surface area contributed by atoms with Crippen molar-refractivity contribution in [2.24, 2.45) is 0 Å². The van der Waals surface area contributed by atoms with Gasteiger partial charge in [-0.2, -0.15) is 0 Å². The minimum atomic E-state index is -0.567. The van der Waals surface area contributed by atoms with Crippen LogP contribution in [0.1, 0.15) is 26.0 Å². The predicted octanol–water partition coefficient (Wildman–Crippen LogP) is 8.28. The largest absolute Gasteiger partial charge is 0.325 e. The zero-order chi connectivity index (χ0) is 30.0. The van der Waals surface area contributed by atoms with Gasteiger partial charge in [0, 0.05) is 31.7 Å². The van der Waals surface area contributed by atoms with Crippen molar-refractivity contribution in [3.05, 3.63) is 153 Å². The summed E-state index contributed by atoms with van der Waals surface area (Å²) in [6.45, 7) is 0. The number of nitrogens with one attached hydrogen (secondary N) is 3. The van der Waals surface area contributed by atoms with E-state index in [2.05, 4.69) is 16.0 Å². The van der Waals surface area contributed by atoms with Crippen molar-refractivity contribution in [2.45, 2.75) is 10.1 Å². The molecule has 6 nitrogen and oxygen atoms in total. The molecule has 0 bridgehead atoms. The maximum absolute atomic E-state index is 13.4. The third-order valence-corrected chi connectivity index (χ3v) is 8.48. The molecule has 0 aliphatic heterocycles. The van der Waals surface area contributed by atoms with E-state index in [0.717, 1.165) is 15.3 Å². The number of carbonyl (C=O) groups is 3. The van der Waals surface area contributed by atoms with Gasteiger partial charge in [-0.05, 0) is 77.7 Å². The Morgan fingerprint density at radius 1 is 0.744 bits per heavy atom. The van der Waals surface area contributed by atoms with Gasteiger partial charge >= 0.3 is 0 Å². The molecule has 1 heterocycles.